The maximum atomic E-state index is 12.4. The highest BCUT2D eigenvalue weighted by Gasteiger charge is 2.22. The van der Waals surface area contributed by atoms with Gasteiger partial charge in [-0.25, -0.2) is 13.1 Å². The number of rotatable bonds is 8. The van der Waals surface area contributed by atoms with E-state index in [-0.39, 0.29) is 28.6 Å². The van der Waals surface area contributed by atoms with E-state index in [0.717, 1.165) is 18.2 Å². The predicted molar refractivity (Wildman–Crippen MR) is 86.7 cm³/mol. The van der Waals surface area contributed by atoms with Crippen molar-refractivity contribution in [1.82, 2.24) is 4.72 Å². The maximum absolute atomic E-state index is 12.4. The summed E-state index contributed by atoms with van der Waals surface area (Å²) < 4.78 is 60.7. The minimum atomic E-state index is -4.07. The predicted octanol–water partition coefficient (Wildman–Crippen LogP) is 2.68. The Hall–Kier alpha value is -2.79. The van der Waals surface area contributed by atoms with Crippen LogP contribution in [0.25, 0.3) is 0 Å². The number of ether oxygens (including phenoxy) is 2. The largest absolute Gasteiger partial charge is 0.495 e. The Morgan fingerprint density at radius 2 is 1.96 bits per heavy atom. The summed E-state index contributed by atoms with van der Waals surface area (Å²) in [5.41, 5.74) is 0.0604. The van der Waals surface area contributed by atoms with Crippen LogP contribution in [0.15, 0.2) is 47.4 Å². The summed E-state index contributed by atoms with van der Waals surface area (Å²) in [6, 6.07) is 8.61. The second kappa shape index (κ2) is 8.06. The molecule has 0 saturated heterocycles. The van der Waals surface area contributed by atoms with Crippen LogP contribution in [0.2, 0.25) is 0 Å². The van der Waals surface area contributed by atoms with Crippen LogP contribution in [0.5, 0.6) is 11.5 Å². The molecule has 26 heavy (non-hydrogen) atoms. The maximum Gasteiger partial charge on any atom is 0.387 e. The van der Waals surface area contributed by atoms with Gasteiger partial charge in [0.05, 0.1) is 18.1 Å². The van der Waals surface area contributed by atoms with E-state index in [1.807, 2.05) is 0 Å². The topological polar surface area (TPSA) is 108 Å². The molecule has 0 heterocycles. The van der Waals surface area contributed by atoms with Gasteiger partial charge < -0.3 is 9.47 Å². The van der Waals surface area contributed by atoms with Crippen LogP contribution < -0.4 is 14.2 Å². The highest BCUT2D eigenvalue weighted by molar-refractivity contribution is 7.89. The third kappa shape index (κ3) is 4.86. The zero-order valence-corrected chi connectivity index (χ0v) is 14.2. The van der Waals surface area contributed by atoms with E-state index in [1.165, 1.54) is 31.4 Å². The first-order valence-electron chi connectivity index (χ1n) is 7.09. The van der Waals surface area contributed by atoms with Crippen molar-refractivity contribution in [3.63, 3.8) is 0 Å². The molecule has 11 heteroatoms. The van der Waals surface area contributed by atoms with Crippen molar-refractivity contribution in [3.8, 4) is 11.5 Å². The van der Waals surface area contributed by atoms with Gasteiger partial charge in [-0.3, -0.25) is 10.1 Å². The molecule has 0 aliphatic heterocycles. The number of halogens is 2. The molecular formula is C15H14F2N2O6S. The van der Waals surface area contributed by atoms with E-state index in [4.69, 9.17) is 4.74 Å². The first kappa shape index (κ1) is 19.5. The molecule has 2 aromatic rings. The molecule has 0 aliphatic rings. The molecule has 2 aromatic carbocycles. The number of alkyl halides is 2. The van der Waals surface area contributed by atoms with Gasteiger partial charge in [0.25, 0.3) is 5.69 Å². The lowest BCUT2D eigenvalue weighted by atomic mass is 10.2. The number of benzene rings is 2. The molecule has 2 rings (SSSR count). The number of hydrogen-bond acceptors (Lipinski definition) is 6. The fourth-order valence-electron chi connectivity index (χ4n) is 2.08. The molecule has 0 aromatic heterocycles. The lowest BCUT2D eigenvalue weighted by Gasteiger charge is -2.11. The molecule has 0 spiro atoms. The first-order chi connectivity index (χ1) is 12.2. The van der Waals surface area contributed by atoms with Crippen molar-refractivity contribution in [2.75, 3.05) is 7.11 Å². The van der Waals surface area contributed by atoms with Gasteiger partial charge in [-0.2, -0.15) is 8.78 Å². The van der Waals surface area contributed by atoms with Crippen molar-refractivity contribution in [1.29, 1.82) is 0 Å². The van der Waals surface area contributed by atoms with E-state index in [2.05, 4.69) is 9.46 Å². The van der Waals surface area contributed by atoms with Crippen molar-refractivity contribution in [2.24, 2.45) is 0 Å². The quantitative estimate of drug-likeness (QED) is 0.550. The van der Waals surface area contributed by atoms with Crippen LogP contribution in [0.4, 0.5) is 14.5 Å². The lowest BCUT2D eigenvalue weighted by molar-refractivity contribution is -0.385. The summed E-state index contributed by atoms with van der Waals surface area (Å²) in [4.78, 5) is 9.80. The molecule has 0 atom stereocenters. The first-order valence-corrected chi connectivity index (χ1v) is 8.57. The second-order valence-electron chi connectivity index (χ2n) is 4.94. The van der Waals surface area contributed by atoms with Crippen LogP contribution in [0.3, 0.4) is 0 Å². The molecule has 140 valence electrons. The molecule has 0 radical (unpaired) electrons. The standard InChI is InChI=1S/C15H14F2N2O6S/c1-24-13-8-11(19(20)21)5-6-14(13)26(22,23)18-9-10-3-2-4-12(7-10)25-15(16)17/h2-8,15,18H,9H2,1H3. The van der Waals surface area contributed by atoms with Crippen molar-refractivity contribution < 1.29 is 31.6 Å². The third-order valence-corrected chi connectivity index (χ3v) is 4.68. The Labute approximate surface area is 147 Å². The fraction of sp³-hybridized carbons (Fsp3) is 0.200. The van der Waals surface area contributed by atoms with Crippen LogP contribution in [-0.4, -0.2) is 27.1 Å². The van der Waals surface area contributed by atoms with Gasteiger partial charge in [0.1, 0.15) is 16.4 Å². The third-order valence-electron chi connectivity index (χ3n) is 3.24. The number of nitrogens with zero attached hydrogens (tertiary/aromatic N) is 1. The Balaban J connectivity index is 2.20. The number of nitro groups is 1. The van der Waals surface area contributed by atoms with Crippen LogP contribution in [0.1, 0.15) is 5.56 Å². The normalized spacial score (nSPS) is 11.4. The van der Waals surface area contributed by atoms with E-state index >= 15 is 0 Å². The van der Waals surface area contributed by atoms with Gasteiger partial charge in [0.2, 0.25) is 10.0 Å². The summed E-state index contributed by atoms with van der Waals surface area (Å²) in [7, 11) is -2.88. The number of hydrogen-bond donors (Lipinski definition) is 1. The fourth-order valence-corrected chi connectivity index (χ4v) is 3.25. The number of non-ortho nitro benzene ring substituents is 1. The summed E-state index contributed by atoms with van der Waals surface area (Å²) in [6.45, 7) is -3.20. The highest BCUT2D eigenvalue weighted by Crippen LogP contribution is 2.28. The van der Waals surface area contributed by atoms with Gasteiger partial charge in [0.15, 0.2) is 0 Å². The average Bonchev–Trinajstić information content (AvgIpc) is 2.59. The molecule has 0 saturated carbocycles. The van der Waals surface area contributed by atoms with E-state index < -0.39 is 21.6 Å². The molecule has 0 fully saturated rings. The Morgan fingerprint density at radius 3 is 2.58 bits per heavy atom. The summed E-state index contributed by atoms with van der Waals surface area (Å²) >= 11 is 0. The smallest absolute Gasteiger partial charge is 0.387 e. The van der Waals surface area contributed by atoms with Crippen LogP contribution in [0, 0.1) is 10.1 Å². The monoisotopic (exact) mass is 388 g/mol. The number of sulfonamides is 1. The van der Waals surface area contributed by atoms with E-state index in [9.17, 15) is 27.3 Å². The zero-order valence-electron chi connectivity index (χ0n) is 13.4. The number of methoxy groups -OCH3 is 1. The highest BCUT2D eigenvalue weighted by atomic mass is 32.2. The van der Waals surface area contributed by atoms with Gasteiger partial charge in [-0.15, -0.1) is 0 Å². The Bertz CT molecular complexity index is 905. The summed E-state index contributed by atoms with van der Waals surface area (Å²) in [5, 5.41) is 10.8. The van der Waals surface area contributed by atoms with Crippen LogP contribution >= 0.6 is 0 Å². The van der Waals surface area contributed by atoms with Crippen molar-refractivity contribution in [2.45, 2.75) is 18.1 Å². The van der Waals surface area contributed by atoms with Gasteiger partial charge in [-0.05, 0) is 23.8 Å². The lowest BCUT2D eigenvalue weighted by Crippen LogP contribution is -2.23. The minimum absolute atomic E-state index is 0.107. The molecule has 0 unspecified atom stereocenters. The Morgan fingerprint density at radius 1 is 1.23 bits per heavy atom. The molecule has 0 bridgehead atoms. The molecule has 8 nitrogen and oxygen atoms in total. The van der Waals surface area contributed by atoms with Crippen LogP contribution in [-0.2, 0) is 16.6 Å². The zero-order chi connectivity index (χ0) is 19.3. The summed E-state index contributed by atoms with van der Waals surface area (Å²) in [5.74, 6) is -0.300. The van der Waals surface area contributed by atoms with Gasteiger partial charge in [0, 0.05) is 12.6 Å². The van der Waals surface area contributed by atoms with E-state index in [0.29, 0.717) is 5.56 Å². The molecule has 1 N–H and O–H groups in total. The van der Waals surface area contributed by atoms with Gasteiger partial charge >= 0.3 is 6.61 Å². The van der Waals surface area contributed by atoms with Gasteiger partial charge in [-0.1, -0.05) is 12.1 Å². The van der Waals surface area contributed by atoms with E-state index in [1.54, 1.807) is 0 Å². The molecular weight excluding hydrogens is 374 g/mol. The second-order valence-corrected chi connectivity index (χ2v) is 6.68. The molecule has 0 amide bonds. The SMILES string of the molecule is COc1cc([N+](=O)[O-])ccc1S(=O)(=O)NCc1cccc(OC(F)F)c1. The summed E-state index contributed by atoms with van der Waals surface area (Å²) in [6.07, 6.45) is 0. The Kier molecular flexibility index (Phi) is 6.05. The number of nitro benzene ring substituents is 1. The molecule has 0 aliphatic carbocycles. The van der Waals surface area contributed by atoms with Crippen molar-refractivity contribution in [3.05, 3.63) is 58.1 Å². The van der Waals surface area contributed by atoms with Crippen molar-refractivity contribution >= 4 is 15.7 Å². The number of nitrogens with one attached hydrogen (secondary N) is 1. The minimum Gasteiger partial charge on any atom is -0.495 e. The average molecular weight is 388 g/mol.